The van der Waals surface area contributed by atoms with E-state index in [1.54, 1.807) is 24.3 Å². The van der Waals surface area contributed by atoms with Crippen molar-refractivity contribution >= 4 is 17.0 Å². The number of halogens is 1. The van der Waals surface area contributed by atoms with Crippen LogP contribution in [0.3, 0.4) is 0 Å². The zero-order valence-corrected chi connectivity index (χ0v) is 15.1. The number of hydrogen-bond donors (Lipinski definition) is 3. The quantitative estimate of drug-likeness (QED) is 0.552. The highest BCUT2D eigenvalue weighted by molar-refractivity contribution is 8.93. The SMILES string of the molecule is Br.C=CCN1CCc2cc(O)c(O)cc2C(c2ccc(O)cc2)C1. The molecule has 0 aromatic heterocycles. The van der Waals surface area contributed by atoms with Crippen LogP contribution >= 0.6 is 17.0 Å². The average molecular weight is 392 g/mol. The van der Waals surface area contributed by atoms with Crippen LogP contribution in [0.2, 0.25) is 0 Å². The minimum absolute atomic E-state index is 0. The van der Waals surface area contributed by atoms with Crippen LogP contribution in [0.1, 0.15) is 22.6 Å². The second-order valence-electron chi connectivity index (χ2n) is 5.98. The highest BCUT2D eigenvalue weighted by atomic mass is 79.9. The van der Waals surface area contributed by atoms with Crippen molar-refractivity contribution in [3.8, 4) is 17.2 Å². The Hall–Kier alpha value is -1.98. The Morgan fingerprint density at radius 3 is 2.42 bits per heavy atom. The fraction of sp³-hybridized carbons (Fsp3) is 0.263. The van der Waals surface area contributed by atoms with Crippen molar-refractivity contribution in [3.63, 3.8) is 0 Å². The Kier molecular flexibility index (Phi) is 5.91. The van der Waals surface area contributed by atoms with E-state index in [0.29, 0.717) is 0 Å². The first kappa shape index (κ1) is 18.4. The second-order valence-corrected chi connectivity index (χ2v) is 5.98. The molecule has 128 valence electrons. The van der Waals surface area contributed by atoms with E-state index in [1.807, 2.05) is 18.2 Å². The Balaban J connectivity index is 0.00000208. The monoisotopic (exact) mass is 391 g/mol. The van der Waals surface area contributed by atoms with Crippen molar-refractivity contribution in [1.82, 2.24) is 4.90 Å². The molecule has 0 fully saturated rings. The molecule has 0 aliphatic carbocycles. The summed E-state index contributed by atoms with van der Waals surface area (Å²) in [6.07, 6.45) is 2.70. The van der Waals surface area contributed by atoms with Gasteiger partial charge in [-0.25, -0.2) is 0 Å². The van der Waals surface area contributed by atoms with E-state index in [-0.39, 0.29) is 40.1 Å². The molecule has 2 aromatic rings. The molecular formula is C19H22BrNO3. The van der Waals surface area contributed by atoms with E-state index in [9.17, 15) is 15.3 Å². The molecule has 0 saturated heterocycles. The van der Waals surface area contributed by atoms with Gasteiger partial charge in [-0.3, -0.25) is 4.90 Å². The Morgan fingerprint density at radius 1 is 1.08 bits per heavy atom. The van der Waals surface area contributed by atoms with Gasteiger partial charge in [0.2, 0.25) is 0 Å². The molecule has 1 aliphatic heterocycles. The van der Waals surface area contributed by atoms with Gasteiger partial charge < -0.3 is 15.3 Å². The number of nitrogens with zero attached hydrogens (tertiary/aromatic N) is 1. The number of aromatic hydroxyl groups is 3. The van der Waals surface area contributed by atoms with Crippen molar-refractivity contribution < 1.29 is 15.3 Å². The topological polar surface area (TPSA) is 63.9 Å². The number of rotatable bonds is 3. The Bertz CT molecular complexity index is 715. The molecule has 0 radical (unpaired) electrons. The van der Waals surface area contributed by atoms with Crippen molar-refractivity contribution in [2.45, 2.75) is 12.3 Å². The standard InChI is InChI=1S/C19H21NO3.BrH/c1-2-8-20-9-7-14-10-18(22)19(23)11-16(14)17(12-20)13-3-5-15(21)6-4-13;/h2-6,10-11,17,21-23H,1,7-9,12H2;1H. The van der Waals surface area contributed by atoms with Gasteiger partial charge in [0.05, 0.1) is 0 Å². The maximum Gasteiger partial charge on any atom is 0.157 e. The van der Waals surface area contributed by atoms with Crippen LogP contribution in [-0.4, -0.2) is 39.9 Å². The maximum atomic E-state index is 9.93. The van der Waals surface area contributed by atoms with Gasteiger partial charge in [0.1, 0.15) is 5.75 Å². The van der Waals surface area contributed by atoms with E-state index in [4.69, 9.17) is 0 Å². The maximum absolute atomic E-state index is 9.93. The van der Waals surface area contributed by atoms with Crippen LogP contribution in [0.25, 0.3) is 0 Å². The minimum Gasteiger partial charge on any atom is -0.508 e. The molecule has 1 unspecified atom stereocenters. The van der Waals surface area contributed by atoms with E-state index in [1.165, 1.54) is 0 Å². The fourth-order valence-electron chi connectivity index (χ4n) is 3.24. The average Bonchev–Trinajstić information content (AvgIpc) is 2.70. The molecule has 24 heavy (non-hydrogen) atoms. The largest absolute Gasteiger partial charge is 0.508 e. The van der Waals surface area contributed by atoms with Gasteiger partial charge in [0.25, 0.3) is 0 Å². The zero-order chi connectivity index (χ0) is 16.4. The third-order valence-corrected chi connectivity index (χ3v) is 4.43. The molecular weight excluding hydrogens is 370 g/mol. The predicted molar refractivity (Wildman–Crippen MR) is 100 cm³/mol. The van der Waals surface area contributed by atoms with E-state index >= 15 is 0 Å². The van der Waals surface area contributed by atoms with Crippen LogP contribution in [0, 0.1) is 0 Å². The number of benzene rings is 2. The summed E-state index contributed by atoms with van der Waals surface area (Å²) in [5.41, 5.74) is 3.15. The number of fused-ring (bicyclic) bond motifs is 1. The molecule has 5 heteroatoms. The van der Waals surface area contributed by atoms with Gasteiger partial charge >= 0.3 is 0 Å². The van der Waals surface area contributed by atoms with Gasteiger partial charge in [0, 0.05) is 25.6 Å². The van der Waals surface area contributed by atoms with Crippen LogP contribution in [0.15, 0.2) is 49.1 Å². The predicted octanol–water partition coefficient (Wildman–Crippen LogP) is 3.56. The molecule has 0 amide bonds. The first-order valence-electron chi connectivity index (χ1n) is 7.75. The lowest BCUT2D eigenvalue weighted by atomic mass is 9.87. The molecule has 1 heterocycles. The molecule has 3 rings (SSSR count). The zero-order valence-electron chi connectivity index (χ0n) is 13.4. The van der Waals surface area contributed by atoms with Crippen molar-refractivity contribution in [1.29, 1.82) is 0 Å². The van der Waals surface area contributed by atoms with Crippen molar-refractivity contribution in [2.75, 3.05) is 19.6 Å². The lowest BCUT2D eigenvalue weighted by Gasteiger charge is -2.24. The summed E-state index contributed by atoms with van der Waals surface area (Å²) in [6, 6.07) is 10.5. The van der Waals surface area contributed by atoms with Crippen LogP contribution in [0.4, 0.5) is 0 Å². The summed E-state index contributed by atoms with van der Waals surface area (Å²) in [5, 5.41) is 29.3. The minimum atomic E-state index is -0.0929. The molecule has 0 spiro atoms. The lowest BCUT2D eigenvalue weighted by Crippen LogP contribution is -2.28. The third kappa shape index (κ3) is 3.74. The number of hydrogen-bond acceptors (Lipinski definition) is 4. The molecule has 1 aliphatic rings. The second kappa shape index (κ2) is 7.73. The Labute approximate surface area is 152 Å². The highest BCUT2D eigenvalue weighted by Crippen LogP contribution is 2.37. The summed E-state index contributed by atoms with van der Waals surface area (Å²) < 4.78 is 0. The normalized spacial score (nSPS) is 17.4. The van der Waals surface area contributed by atoms with E-state index in [0.717, 1.165) is 42.7 Å². The van der Waals surface area contributed by atoms with Crippen LogP contribution in [0.5, 0.6) is 17.2 Å². The first-order valence-corrected chi connectivity index (χ1v) is 7.75. The first-order chi connectivity index (χ1) is 11.1. The van der Waals surface area contributed by atoms with Crippen molar-refractivity contribution in [3.05, 3.63) is 65.7 Å². The molecule has 2 aromatic carbocycles. The van der Waals surface area contributed by atoms with Crippen LogP contribution < -0.4 is 0 Å². The fourth-order valence-corrected chi connectivity index (χ4v) is 3.24. The molecule has 4 nitrogen and oxygen atoms in total. The summed E-state index contributed by atoms with van der Waals surface area (Å²) in [4.78, 5) is 2.30. The Morgan fingerprint density at radius 2 is 1.75 bits per heavy atom. The number of phenolic OH excluding ortho intramolecular Hbond substituents is 3. The van der Waals surface area contributed by atoms with E-state index < -0.39 is 0 Å². The number of phenols is 3. The molecule has 0 saturated carbocycles. The van der Waals surface area contributed by atoms with E-state index in [2.05, 4.69) is 11.5 Å². The van der Waals surface area contributed by atoms with Gasteiger partial charge in [-0.1, -0.05) is 18.2 Å². The van der Waals surface area contributed by atoms with Gasteiger partial charge in [-0.2, -0.15) is 0 Å². The molecule has 1 atom stereocenters. The third-order valence-electron chi connectivity index (χ3n) is 4.43. The molecule has 3 N–H and O–H groups in total. The smallest absolute Gasteiger partial charge is 0.157 e. The highest BCUT2D eigenvalue weighted by Gasteiger charge is 2.25. The van der Waals surface area contributed by atoms with Gasteiger partial charge in [-0.15, -0.1) is 23.6 Å². The summed E-state index contributed by atoms with van der Waals surface area (Å²) in [5.74, 6) is 0.133. The lowest BCUT2D eigenvalue weighted by molar-refractivity contribution is 0.306. The van der Waals surface area contributed by atoms with Gasteiger partial charge in [0.15, 0.2) is 11.5 Å². The summed E-state index contributed by atoms with van der Waals surface area (Å²) >= 11 is 0. The van der Waals surface area contributed by atoms with Crippen LogP contribution in [-0.2, 0) is 6.42 Å². The summed E-state index contributed by atoms with van der Waals surface area (Å²) in [7, 11) is 0. The van der Waals surface area contributed by atoms with Gasteiger partial charge in [-0.05, 0) is 47.4 Å². The van der Waals surface area contributed by atoms with Crippen molar-refractivity contribution in [2.24, 2.45) is 0 Å². The molecule has 0 bridgehead atoms. The summed E-state index contributed by atoms with van der Waals surface area (Å²) in [6.45, 7) is 6.28.